The van der Waals surface area contributed by atoms with E-state index in [2.05, 4.69) is 16.9 Å². The second kappa shape index (κ2) is 7.54. The number of rotatable bonds is 8. The topological polar surface area (TPSA) is 28.7 Å². The lowest BCUT2D eigenvalue weighted by atomic mass is 10.1. The van der Waals surface area contributed by atoms with Crippen LogP contribution in [0.3, 0.4) is 0 Å². The maximum atomic E-state index is 5.96. The van der Waals surface area contributed by atoms with Crippen LogP contribution in [0.1, 0.15) is 57.7 Å². The maximum Gasteiger partial charge on any atom is 0.107 e. The summed E-state index contributed by atoms with van der Waals surface area (Å²) in [5.41, 5.74) is 2.06. The normalized spacial score (nSPS) is 11.3. The fourth-order valence-corrected chi connectivity index (χ4v) is 2.57. The van der Waals surface area contributed by atoms with Crippen molar-refractivity contribution in [2.24, 2.45) is 0 Å². The van der Waals surface area contributed by atoms with Gasteiger partial charge in [0.1, 0.15) is 5.82 Å². The Morgan fingerprint density at radius 1 is 1.05 bits per heavy atom. The first-order chi connectivity index (χ1) is 9.29. The summed E-state index contributed by atoms with van der Waals surface area (Å²) in [4.78, 5) is 7.95. The van der Waals surface area contributed by atoms with Crippen molar-refractivity contribution in [2.45, 2.75) is 58.3 Å². The molecule has 0 saturated carbocycles. The smallest absolute Gasteiger partial charge is 0.107 e. The van der Waals surface area contributed by atoms with Gasteiger partial charge in [-0.25, -0.2) is 4.98 Å². The van der Waals surface area contributed by atoms with Gasteiger partial charge in [0.2, 0.25) is 0 Å². The largest absolute Gasteiger partial charge is 0.342 e. The first kappa shape index (κ1) is 14.4. The molecule has 1 heterocycles. The molecule has 0 amide bonds. The van der Waals surface area contributed by atoms with Gasteiger partial charge in [0.25, 0.3) is 0 Å². The van der Waals surface area contributed by atoms with E-state index in [4.69, 9.17) is 11.6 Å². The molecular weight excluding hydrogens is 256 g/mol. The van der Waals surface area contributed by atoms with Crippen LogP contribution in [0.15, 0.2) is 18.2 Å². The van der Waals surface area contributed by atoms with Crippen molar-refractivity contribution in [3.05, 3.63) is 29.0 Å². The molecule has 2 rings (SSSR count). The number of aromatic amines is 1. The summed E-state index contributed by atoms with van der Waals surface area (Å²) in [5, 5.41) is 0.751. The van der Waals surface area contributed by atoms with E-state index in [1.807, 2.05) is 18.2 Å². The molecule has 0 aliphatic rings. The molecule has 0 radical (unpaired) electrons. The molecule has 0 bridgehead atoms. The van der Waals surface area contributed by atoms with Gasteiger partial charge in [-0.05, 0) is 24.6 Å². The van der Waals surface area contributed by atoms with E-state index < -0.39 is 0 Å². The number of aromatic nitrogens is 2. The van der Waals surface area contributed by atoms with Gasteiger partial charge in [0.05, 0.1) is 11.0 Å². The Labute approximate surface area is 120 Å². The molecule has 2 nitrogen and oxygen atoms in total. The number of benzene rings is 1. The predicted molar refractivity (Wildman–Crippen MR) is 82.8 cm³/mol. The summed E-state index contributed by atoms with van der Waals surface area (Å²) in [5.74, 6) is 1.09. The highest BCUT2D eigenvalue weighted by molar-refractivity contribution is 6.31. The molecule has 0 fully saturated rings. The second-order valence-electron chi connectivity index (χ2n) is 5.22. The quantitative estimate of drug-likeness (QED) is 0.634. The van der Waals surface area contributed by atoms with E-state index in [0.717, 1.165) is 28.3 Å². The third-order valence-corrected chi connectivity index (χ3v) is 3.75. The van der Waals surface area contributed by atoms with Crippen LogP contribution in [0, 0.1) is 0 Å². The molecule has 0 aliphatic carbocycles. The molecule has 2 aromatic rings. The van der Waals surface area contributed by atoms with Crippen molar-refractivity contribution in [2.75, 3.05) is 0 Å². The zero-order chi connectivity index (χ0) is 13.5. The predicted octanol–water partition coefficient (Wildman–Crippen LogP) is 5.51. The average Bonchev–Trinajstić information content (AvgIpc) is 2.79. The van der Waals surface area contributed by atoms with Crippen LogP contribution in [0.25, 0.3) is 11.0 Å². The number of hydrogen-bond donors (Lipinski definition) is 1. The second-order valence-corrected chi connectivity index (χ2v) is 5.65. The van der Waals surface area contributed by atoms with Crippen LogP contribution in [0.5, 0.6) is 0 Å². The lowest BCUT2D eigenvalue weighted by Crippen LogP contribution is -1.88. The monoisotopic (exact) mass is 278 g/mol. The van der Waals surface area contributed by atoms with Crippen LogP contribution in [-0.2, 0) is 6.42 Å². The van der Waals surface area contributed by atoms with Crippen LogP contribution in [0.4, 0.5) is 0 Å². The number of unbranched alkanes of at least 4 members (excludes halogenated alkanes) is 6. The van der Waals surface area contributed by atoms with Gasteiger partial charge in [-0.3, -0.25) is 0 Å². The van der Waals surface area contributed by atoms with E-state index in [-0.39, 0.29) is 0 Å². The summed E-state index contributed by atoms with van der Waals surface area (Å²) < 4.78 is 0. The highest BCUT2D eigenvalue weighted by Gasteiger charge is 2.03. The summed E-state index contributed by atoms with van der Waals surface area (Å²) in [7, 11) is 0. The number of H-pyrrole nitrogens is 1. The Bertz CT molecular complexity index is 504. The van der Waals surface area contributed by atoms with Crippen LogP contribution in [-0.4, -0.2) is 9.97 Å². The third kappa shape index (κ3) is 4.54. The number of fused-ring (bicyclic) bond motifs is 1. The van der Waals surface area contributed by atoms with E-state index in [1.165, 1.54) is 44.9 Å². The van der Waals surface area contributed by atoms with Gasteiger partial charge < -0.3 is 4.98 Å². The number of hydrogen-bond acceptors (Lipinski definition) is 1. The van der Waals surface area contributed by atoms with Gasteiger partial charge in [0, 0.05) is 11.4 Å². The number of nitrogens with one attached hydrogen (secondary N) is 1. The number of aryl methyl sites for hydroxylation is 1. The molecule has 19 heavy (non-hydrogen) atoms. The fourth-order valence-electron chi connectivity index (χ4n) is 2.40. The molecule has 0 atom stereocenters. The Morgan fingerprint density at radius 3 is 2.58 bits per heavy atom. The van der Waals surface area contributed by atoms with Crippen molar-refractivity contribution >= 4 is 22.6 Å². The van der Waals surface area contributed by atoms with Gasteiger partial charge in [-0.1, -0.05) is 57.0 Å². The van der Waals surface area contributed by atoms with Crippen molar-refractivity contribution in [3.63, 3.8) is 0 Å². The molecule has 1 aromatic heterocycles. The minimum absolute atomic E-state index is 0.751. The molecular formula is C16H23ClN2. The van der Waals surface area contributed by atoms with E-state index in [9.17, 15) is 0 Å². The zero-order valence-electron chi connectivity index (χ0n) is 11.7. The standard InChI is InChI=1S/C16H23ClN2/c1-2-3-4-5-6-7-8-9-16-18-14-11-10-13(17)12-15(14)19-16/h10-12H,2-9H2,1H3,(H,18,19). The van der Waals surface area contributed by atoms with Crippen molar-refractivity contribution < 1.29 is 0 Å². The summed E-state index contributed by atoms with van der Waals surface area (Å²) >= 11 is 5.96. The van der Waals surface area contributed by atoms with E-state index in [0.29, 0.717) is 0 Å². The van der Waals surface area contributed by atoms with Crippen molar-refractivity contribution in [1.82, 2.24) is 9.97 Å². The Balaban J connectivity index is 1.72. The molecule has 104 valence electrons. The molecule has 1 N–H and O–H groups in total. The third-order valence-electron chi connectivity index (χ3n) is 3.51. The Morgan fingerprint density at radius 2 is 1.79 bits per heavy atom. The van der Waals surface area contributed by atoms with Gasteiger partial charge in [-0.15, -0.1) is 0 Å². The highest BCUT2D eigenvalue weighted by atomic mass is 35.5. The van der Waals surface area contributed by atoms with Crippen LogP contribution in [0.2, 0.25) is 5.02 Å². The van der Waals surface area contributed by atoms with Crippen LogP contribution < -0.4 is 0 Å². The number of imidazole rings is 1. The molecule has 0 unspecified atom stereocenters. The molecule has 3 heteroatoms. The van der Waals surface area contributed by atoms with Crippen molar-refractivity contribution in [3.8, 4) is 0 Å². The summed E-state index contributed by atoms with van der Waals surface area (Å²) in [6, 6.07) is 5.82. The Kier molecular flexibility index (Phi) is 5.71. The summed E-state index contributed by atoms with van der Waals surface area (Å²) in [6.07, 6.45) is 10.4. The highest BCUT2D eigenvalue weighted by Crippen LogP contribution is 2.18. The van der Waals surface area contributed by atoms with E-state index in [1.54, 1.807) is 0 Å². The number of nitrogens with zero attached hydrogens (tertiary/aromatic N) is 1. The van der Waals surface area contributed by atoms with Gasteiger partial charge in [0.15, 0.2) is 0 Å². The lowest BCUT2D eigenvalue weighted by molar-refractivity contribution is 0.585. The average molecular weight is 279 g/mol. The first-order valence-corrected chi connectivity index (χ1v) is 7.81. The minimum atomic E-state index is 0.751. The molecule has 0 aliphatic heterocycles. The summed E-state index contributed by atoms with van der Waals surface area (Å²) in [6.45, 7) is 2.26. The molecule has 0 saturated heterocycles. The Hall–Kier alpha value is -1.02. The molecule has 0 spiro atoms. The minimum Gasteiger partial charge on any atom is -0.342 e. The van der Waals surface area contributed by atoms with E-state index >= 15 is 0 Å². The van der Waals surface area contributed by atoms with Gasteiger partial charge in [-0.2, -0.15) is 0 Å². The molecule has 1 aromatic carbocycles. The number of halogens is 1. The SMILES string of the molecule is CCCCCCCCCc1nc2cc(Cl)ccc2[nH]1. The maximum absolute atomic E-state index is 5.96. The first-order valence-electron chi connectivity index (χ1n) is 7.43. The fraction of sp³-hybridized carbons (Fsp3) is 0.562. The van der Waals surface area contributed by atoms with Crippen LogP contribution >= 0.6 is 11.6 Å². The lowest BCUT2D eigenvalue weighted by Gasteiger charge is -1.99. The zero-order valence-corrected chi connectivity index (χ0v) is 12.5. The van der Waals surface area contributed by atoms with Gasteiger partial charge >= 0.3 is 0 Å². The van der Waals surface area contributed by atoms with Crippen molar-refractivity contribution in [1.29, 1.82) is 0 Å².